The first kappa shape index (κ1) is 32.6. The van der Waals surface area contributed by atoms with Gasteiger partial charge in [0.05, 0.1) is 27.8 Å². The van der Waals surface area contributed by atoms with Crippen molar-refractivity contribution >= 4 is 65.2 Å². The monoisotopic (exact) mass is 736 g/mol. The Hall–Kier alpha value is -7.68. The fourth-order valence-electron chi connectivity index (χ4n) is 9.45. The van der Waals surface area contributed by atoms with Gasteiger partial charge in [-0.2, -0.15) is 0 Å². The lowest BCUT2D eigenvalue weighted by Crippen LogP contribution is -1.97. The van der Waals surface area contributed by atoms with E-state index in [1.54, 1.807) is 0 Å². The zero-order valence-corrected chi connectivity index (χ0v) is 31.7. The molecule has 0 aliphatic carbocycles. The molecule has 10 aromatic carbocycles. The van der Waals surface area contributed by atoms with E-state index in [-0.39, 0.29) is 0 Å². The Balaban J connectivity index is 1.03. The molecule has 0 radical (unpaired) electrons. The summed E-state index contributed by atoms with van der Waals surface area (Å²) in [5, 5.41) is 10.1. The van der Waals surface area contributed by atoms with Crippen molar-refractivity contribution in [1.82, 2.24) is 9.13 Å². The Labute approximate surface area is 336 Å². The topological polar surface area (TPSA) is 9.86 Å². The molecule has 0 atom stereocenters. The van der Waals surface area contributed by atoms with Gasteiger partial charge in [0.15, 0.2) is 0 Å². The smallest absolute Gasteiger partial charge is 0.0547 e. The Morgan fingerprint density at radius 3 is 1.59 bits per heavy atom. The van der Waals surface area contributed by atoms with E-state index in [1.807, 2.05) is 0 Å². The third-order valence-corrected chi connectivity index (χ3v) is 12.1. The average Bonchev–Trinajstić information content (AvgIpc) is 3.81. The lowest BCUT2D eigenvalue weighted by Gasteiger charge is -2.17. The lowest BCUT2D eigenvalue weighted by atomic mass is 9.92. The van der Waals surface area contributed by atoms with Gasteiger partial charge in [-0.3, -0.25) is 0 Å². The van der Waals surface area contributed by atoms with Crippen molar-refractivity contribution in [3.8, 4) is 44.8 Å². The zero-order valence-electron chi connectivity index (χ0n) is 31.7. The van der Waals surface area contributed by atoms with Gasteiger partial charge in [0.2, 0.25) is 0 Å². The van der Waals surface area contributed by atoms with Gasteiger partial charge in [0.25, 0.3) is 0 Å². The number of benzene rings is 10. The van der Waals surface area contributed by atoms with Gasteiger partial charge in [-0.05, 0) is 104 Å². The number of para-hydroxylation sites is 3. The molecule has 0 saturated carbocycles. The summed E-state index contributed by atoms with van der Waals surface area (Å²) in [5.41, 5.74) is 14.4. The van der Waals surface area contributed by atoms with Crippen LogP contribution in [0.4, 0.5) is 0 Å². The van der Waals surface area contributed by atoms with Crippen LogP contribution >= 0.6 is 0 Å². The first-order valence-corrected chi connectivity index (χ1v) is 20.0. The molecular formula is C56H36N2. The third kappa shape index (κ3) is 4.99. The van der Waals surface area contributed by atoms with Crippen LogP contribution in [0.3, 0.4) is 0 Å². The van der Waals surface area contributed by atoms with Crippen LogP contribution in [0.1, 0.15) is 0 Å². The maximum Gasteiger partial charge on any atom is 0.0547 e. The van der Waals surface area contributed by atoms with Crippen LogP contribution < -0.4 is 0 Å². The van der Waals surface area contributed by atoms with E-state index in [1.165, 1.54) is 104 Å². The molecular weight excluding hydrogens is 701 g/mol. The van der Waals surface area contributed by atoms with E-state index >= 15 is 0 Å². The van der Waals surface area contributed by atoms with Crippen LogP contribution in [0.2, 0.25) is 0 Å². The van der Waals surface area contributed by atoms with Crippen LogP contribution in [-0.4, -0.2) is 9.13 Å². The zero-order chi connectivity index (χ0) is 38.2. The van der Waals surface area contributed by atoms with Crippen molar-refractivity contribution in [1.29, 1.82) is 0 Å². The number of hydrogen-bond donors (Lipinski definition) is 0. The van der Waals surface area contributed by atoms with Gasteiger partial charge in [0.1, 0.15) is 0 Å². The molecule has 2 aromatic heterocycles. The molecule has 12 aromatic rings. The number of hydrogen-bond acceptors (Lipinski definition) is 0. The Morgan fingerprint density at radius 1 is 0.241 bits per heavy atom. The number of aromatic nitrogens is 2. The Bertz CT molecular complexity index is 3550. The summed E-state index contributed by atoms with van der Waals surface area (Å²) in [6.45, 7) is 0. The minimum absolute atomic E-state index is 1.15. The second-order valence-electron chi connectivity index (χ2n) is 15.3. The van der Waals surface area contributed by atoms with E-state index < -0.39 is 0 Å². The van der Waals surface area contributed by atoms with Crippen LogP contribution in [-0.2, 0) is 0 Å². The molecule has 0 amide bonds. The van der Waals surface area contributed by atoms with E-state index in [0.29, 0.717) is 0 Å². The van der Waals surface area contributed by atoms with Gasteiger partial charge in [-0.15, -0.1) is 0 Å². The summed E-state index contributed by atoms with van der Waals surface area (Å²) in [7, 11) is 0. The predicted octanol–water partition coefficient (Wildman–Crippen LogP) is 15.2. The lowest BCUT2D eigenvalue weighted by molar-refractivity contribution is 1.18. The number of rotatable bonds is 5. The second-order valence-corrected chi connectivity index (χ2v) is 15.3. The molecule has 58 heavy (non-hydrogen) atoms. The van der Waals surface area contributed by atoms with Crippen molar-refractivity contribution < 1.29 is 0 Å². The van der Waals surface area contributed by atoms with Gasteiger partial charge < -0.3 is 9.13 Å². The number of fused-ring (bicyclic) bond motifs is 9. The summed E-state index contributed by atoms with van der Waals surface area (Å²) >= 11 is 0. The molecule has 2 heteroatoms. The third-order valence-electron chi connectivity index (χ3n) is 12.1. The maximum absolute atomic E-state index is 2.47. The minimum atomic E-state index is 1.15. The van der Waals surface area contributed by atoms with Crippen molar-refractivity contribution in [3.05, 3.63) is 218 Å². The van der Waals surface area contributed by atoms with Crippen LogP contribution in [0.25, 0.3) is 110 Å². The highest BCUT2D eigenvalue weighted by atomic mass is 15.0. The summed E-state index contributed by atoms with van der Waals surface area (Å²) in [6.07, 6.45) is 0. The van der Waals surface area contributed by atoms with Crippen molar-refractivity contribution in [2.75, 3.05) is 0 Å². The van der Waals surface area contributed by atoms with Gasteiger partial charge >= 0.3 is 0 Å². The molecule has 2 heterocycles. The first-order chi connectivity index (χ1) is 28.8. The fourth-order valence-corrected chi connectivity index (χ4v) is 9.45. The second kappa shape index (κ2) is 12.9. The number of nitrogens with zero attached hydrogens (tertiary/aromatic N) is 2. The summed E-state index contributed by atoms with van der Waals surface area (Å²) in [4.78, 5) is 0. The summed E-state index contributed by atoms with van der Waals surface area (Å²) in [6, 6.07) is 80.0. The fraction of sp³-hybridized carbons (Fsp3) is 0. The van der Waals surface area contributed by atoms with Crippen molar-refractivity contribution in [2.45, 2.75) is 0 Å². The van der Waals surface area contributed by atoms with Crippen LogP contribution in [0, 0.1) is 0 Å². The van der Waals surface area contributed by atoms with E-state index in [9.17, 15) is 0 Å². The van der Waals surface area contributed by atoms with Gasteiger partial charge in [0, 0.05) is 32.8 Å². The highest BCUT2D eigenvalue weighted by Crippen LogP contribution is 2.42. The van der Waals surface area contributed by atoms with Gasteiger partial charge in [-0.25, -0.2) is 0 Å². The molecule has 0 N–H and O–H groups in total. The largest absolute Gasteiger partial charge is 0.309 e. The molecule has 0 bridgehead atoms. The molecule has 0 spiro atoms. The quantitative estimate of drug-likeness (QED) is 0.156. The van der Waals surface area contributed by atoms with Crippen molar-refractivity contribution in [2.24, 2.45) is 0 Å². The summed E-state index contributed by atoms with van der Waals surface area (Å²) < 4.78 is 4.88. The summed E-state index contributed by atoms with van der Waals surface area (Å²) in [5.74, 6) is 0. The Morgan fingerprint density at radius 2 is 0.776 bits per heavy atom. The van der Waals surface area contributed by atoms with Crippen LogP contribution in [0.15, 0.2) is 218 Å². The molecule has 12 rings (SSSR count). The molecule has 0 fully saturated rings. The standard InChI is InChI=1S/C56H36N2/c1-2-14-37(15-3-1)38-26-30-42(31-27-38)57-52-23-11-8-20-46(52)49-32-28-40(36-56(49)57)39-29-33-55-51(34-39)48-22-10-13-25-54(48)58(55)53-24-12-9-21-47(53)50-35-41-16-4-5-17-43(41)44-18-6-7-19-45(44)50/h1-36H. The van der Waals surface area contributed by atoms with E-state index in [4.69, 9.17) is 0 Å². The molecule has 0 aliphatic heterocycles. The van der Waals surface area contributed by atoms with E-state index in [2.05, 4.69) is 228 Å². The van der Waals surface area contributed by atoms with Crippen molar-refractivity contribution in [3.63, 3.8) is 0 Å². The molecule has 270 valence electrons. The molecule has 2 nitrogen and oxygen atoms in total. The molecule has 0 unspecified atom stereocenters. The average molecular weight is 737 g/mol. The predicted molar refractivity (Wildman–Crippen MR) is 246 cm³/mol. The highest BCUT2D eigenvalue weighted by molar-refractivity contribution is 6.16. The minimum Gasteiger partial charge on any atom is -0.309 e. The maximum atomic E-state index is 2.47. The highest BCUT2D eigenvalue weighted by Gasteiger charge is 2.19. The Kier molecular flexibility index (Phi) is 7.26. The van der Waals surface area contributed by atoms with E-state index in [0.717, 1.165) is 5.69 Å². The SMILES string of the molecule is c1ccc(-c2ccc(-n3c4ccccc4c4ccc(-c5ccc6c(c5)c5ccccc5n6-c5ccccc5-c5cc6ccccc6c6ccccc56)cc43)cc2)cc1. The molecule has 0 aliphatic rings. The van der Waals surface area contributed by atoms with Crippen LogP contribution in [0.5, 0.6) is 0 Å². The molecule has 0 saturated heterocycles. The normalized spacial score (nSPS) is 11.8. The first-order valence-electron chi connectivity index (χ1n) is 20.0. The van der Waals surface area contributed by atoms with Gasteiger partial charge in [-0.1, -0.05) is 164 Å².